The van der Waals surface area contributed by atoms with Gasteiger partial charge in [-0.1, -0.05) is 0 Å². The number of halogens is 1. The van der Waals surface area contributed by atoms with Gasteiger partial charge in [-0.3, -0.25) is 14.9 Å². The SMILES string of the molecule is CS(=O)(=O)c1ccc(NCCNC(=O)c2cc3cc(F)ccc3[nH]2)c([N+](=O)[O-])c1. The topological polar surface area (TPSA) is 134 Å². The van der Waals surface area contributed by atoms with Crippen molar-refractivity contribution in [1.29, 1.82) is 0 Å². The molecule has 2 aromatic carbocycles. The van der Waals surface area contributed by atoms with E-state index in [1.807, 2.05) is 0 Å². The molecule has 0 saturated heterocycles. The van der Waals surface area contributed by atoms with E-state index in [1.54, 1.807) is 0 Å². The van der Waals surface area contributed by atoms with Gasteiger partial charge in [0.15, 0.2) is 9.84 Å². The van der Waals surface area contributed by atoms with Gasteiger partial charge >= 0.3 is 0 Å². The number of carbonyl (C=O) groups excluding carboxylic acids is 1. The summed E-state index contributed by atoms with van der Waals surface area (Å²) >= 11 is 0. The zero-order chi connectivity index (χ0) is 21.2. The van der Waals surface area contributed by atoms with Crippen molar-refractivity contribution >= 4 is 38.0 Å². The summed E-state index contributed by atoms with van der Waals surface area (Å²) in [6, 6.07) is 9.21. The van der Waals surface area contributed by atoms with E-state index in [9.17, 15) is 27.7 Å². The summed E-state index contributed by atoms with van der Waals surface area (Å²) in [5.74, 6) is -0.818. The number of benzene rings is 2. The fourth-order valence-corrected chi connectivity index (χ4v) is 3.38. The second kappa shape index (κ2) is 7.87. The zero-order valence-corrected chi connectivity index (χ0v) is 16.0. The lowest BCUT2D eigenvalue weighted by Crippen LogP contribution is -2.29. The lowest BCUT2D eigenvalue weighted by atomic mass is 10.2. The van der Waals surface area contributed by atoms with E-state index in [1.165, 1.54) is 36.4 Å². The number of hydrogen-bond donors (Lipinski definition) is 3. The van der Waals surface area contributed by atoms with Crippen LogP contribution < -0.4 is 10.6 Å². The number of fused-ring (bicyclic) bond motifs is 1. The minimum Gasteiger partial charge on any atom is -0.378 e. The van der Waals surface area contributed by atoms with Gasteiger partial charge in [-0.2, -0.15) is 0 Å². The average molecular weight is 420 g/mol. The van der Waals surface area contributed by atoms with Gasteiger partial charge in [0.05, 0.1) is 9.82 Å². The van der Waals surface area contributed by atoms with Crippen LogP contribution in [0.3, 0.4) is 0 Å². The summed E-state index contributed by atoms with van der Waals surface area (Å²) in [5, 5.41) is 17.2. The number of anilines is 1. The standard InChI is InChI=1S/C18H17FN4O5S/c1-29(27,28)13-3-5-15(17(10-13)23(25)26)20-6-7-21-18(24)16-9-11-8-12(19)2-4-14(11)22-16/h2-5,8-10,20,22H,6-7H2,1H3,(H,21,24). The Labute approximate surface area is 165 Å². The summed E-state index contributed by atoms with van der Waals surface area (Å²) in [4.78, 5) is 25.5. The van der Waals surface area contributed by atoms with Gasteiger partial charge in [0.1, 0.15) is 17.2 Å². The Balaban J connectivity index is 1.62. The number of aromatic nitrogens is 1. The van der Waals surface area contributed by atoms with E-state index in [-0.39, 0.29) is 35.1 Å². The van der Waals surface area contributed by atoms with E-state index in [0.717, 1.165) is 12.3 Å². The average Bonchev–Trinajstić information content (AvgIpc) is 3.07. The highest BCUT2D eigenvalue weighted by molar-refractivity contribution is 7.90. The molecule has 0 aliphatic heterocycles. The summed E-state index contributed by atoms with van der Waals surface area (Å²) in [5.41, 5.74) is 0.639. The lowest BCUT2D eigenvalue weighted by Gasteiger charge is -2.09. The number of nitro benzene ring substituents is 1. The molecule has 0 saturated carbocycles. The minimum absolute atomic E-state index is 0.137. The van der Waals surface area contributed by atoms with E-state index < -0.39 is 26.5 Å². The molecule has 0 aliphatic rings. The highest BCUT2D eigenvalue weighted by Crippen LogP contribution is 2.27. The number of amides is 1. The van der Waals surface area contributed by atoms with E-state index in [0.29, 0.717) is 10.9 Å². The molecule has 0 spiro atoms. The molecule has 29 heavy (non-hydrogen) atoms. The smallest absolute Gasteiger partial charge is 0.293 e. The third kappa shape index (κ3) is 4.69. The molecule has 0 aliphatic carbocycles. The minimum atomic E-state index is -3.57. The molecule has 0 unspecified atom stereocenters. The van der Waals surface area contributed by atoms with Gasteiger partial charge in [0.2, 0.25) is 0 Å². The van der Waals surface area contributed by atoms with Crippen LogP contribution in [0.4, 0.5) is 15.8 Å². The first-order chi connectivity index (χ1) is 13.6. The molecule has 11 heteroatoms. The number of nitrogens with one attached hydrogen (secondary N) is 3. The van der Waals surface area contributed by atoms with Crippen LogP contribution in [0, 0.1) is 15.9 Å². The molecule has 3 aromatic rings. The van der Waals surface area contributed by atoms with E-state index in [2.05, 4.69) is 15.6 Å². The number of nitrogens with zero attached hydrogens (tertiary/aromatic N) is 1. The van der Waals surface area contributed by atoms with Crippen molar-refractivity contribution in [3.63, 3.8) is 0 Å². The van der Waals surface area contributed by atoms with E-state index in [4.69, 9.17) is 0 Å². The van der Waals surface area contributed by atoms with Crippen LogP contribution in [-0.4, -0.2) is 43.6 Å². The number of H-pyrrole nitrogens is 1. The monoisotopic (exact) mass is 420 g/mol. The first-order valence-corrected chi connectivity index (χ1v) is 10.3. The Bertz CT molecular complexity index is 1210. The maximum Gasteiger partial charge on any atom is 0.293 e. The third-order valence-electron chi connectivity index (χ3n) is 4.15. The van der Waals surface area contributed by atoms with Crippen LogP contribution in [0.15, 0.2) is 47.4 Å². The molecule has 1 amide bonds. The van der Waals surface area contributed by atoms with Crippen LogP contribution in [-0.2, 0) is 9.84 Å². The number of aromatic amines is 1. The Morgan fingerprint density at radius 1 is 1.17 bits per heavy atom. The first kappa shape index (κ1) is 20.3. The van der Waals surface area contributed by atoms with Gasteiger partial charge < -0.3 is 15.6 Å². The normalized spacial score (nSPS) is 11.4. The third-order valence-corrected chi connectivity index (χ3v) is 5.26. The fourth-order valence-electron chi connectivity index (χ4n) is 2.74. The molecule has 3 N–H and O–H groups in total. The maximum absolute atomic E-state index is 13.2. The number of carbonyl (C=O) groups is 1. The molecular weight excluding hydrogens is 403 g/mol. The van der Waals surface area contributed by atoms with Gasteiger partial charge in [0, 0.05) is 36.3 Å². The van der Waals surface area contributed by atoms with Crippen molar-refractivity contribution in [3.8, 4) is 0 Å². The Morgan fingerprint density at radius 2 is 1.93 bits per heavy atom. The Kier molecular flexibility index (Phi) is 5.50. The van der Waals surface area contributed by atoms with Crippen LogP contribution in [0.5, 0.6) is 0 Å². The molecule has 0 fully saturated rings. The van der Waals surface area contributed by atoms with Crippen molar-refractivity contribution in [2.24, 2.45) is 0 Å². The van der Waals surface area contributed by atoms with Crippen molar-refractivity contribution in [2.45, 2.75) is 4.90 Å². The van der Waals surface area contributed by atoms with Crippen molar-refractivity contribution in [3.05, 3.63) is 64.1 Å². The Hall–Kier alpha value is -3.47. The van der Waals surface area contributed by atoms with Gasteiger partial charge in [-0.15, -0.1) is 0 Å². The summed E-state index contributed by atoms with van der Waals surface area (Å²) in [7, 11) is -3.57. The molecule has 152 valence electrons. The number of nitro groups is 1. The molecule has 0 atom stereocenters. The molecule has 1 heterocycles. The van der Waals surface area contributed by atoms with Crippen molar-refractivity contribution in [2.75, 3.05) is 24.7 Å². The number of sulfone groups is 1. The molecular formula is C18H17FN4O5S. The van der Waals surface area contributed by atoms with Crippen LogP contribution in [0.25, 0.3) is 10.9 Å². The molecule has 1 aromatic heterocycles. The highest BCUT2D eigenvalue weighted by atomic mass is 32.2. The summed E-state index contributed by atoms with van der Waals surface area (Å²) in [6.45, 7) is 0.313. The predicted molar refractivity (Wildman–Crippen MR) is 105 cm³/mol. The number of rotatable bonds is 7. The second-order valence-electron chi connectivity index (χ2n) is 6.31. The highest BCUT2D eigenvalue weighted by Gasteiger charge is 2.18. The first-order valence-electron chi connectivity index (χ1n) is 8.44. The van der Waals surface area contributed by atoms with Crippen LogP contribution in [0.2, 0.25) is 0 Å². The maximum atomic E-state index is 13.2. The zero-order valence-electron chi connectivity index (χ0n) is 15.2. The summed E-state index contributed by atoms with van der Waals surface area (Å²) < 4.78 is 36.3. The molecule has 0 bridgehead atoms. The van der Waals surface area contributed by atoms with Crippen LogP contribution in [0.1, 0.15) is 10.5 Å². The fraction of sp³-hybridized carbons (Fsp3) is 0.167. The summed E-state index contributed by atoms with van der Waals surface area (Å²) in [6.07, 6.45) is 0.965. The van der Waals surface area contributed by atoms with Crippen molar-refractivity contribution in [1.82, 2.24) is 10.3 Å². The van der Waals surface area contributed by atoms with Crippen LogP contribution >= 0.6 is 0 Å². The lowest BCUT2D eigenvalue weighted by molar-refractivity contribution is -0.384. The molecule has 0 radical (unpaired) electrons. The molecule has 9 nitrogen and oxygen atoms in total. The number of hydrogen-bond acceptors (Lipinski definition) is 6. The second-order valence-corrected chi connectivity index (χ2v) is 8.32. The predicted octanol–water partition coefficient (Wildman–Crippen LogP) is 2.46. The largest absolute Gasteiger partial charge is 0.378 e. The van der Waals surface area contributed by atoms with Gasteiger partial charge in [0.25, 0.3) is 11.6 Å². The quantitative estimate of drug-likeness (QED) is 0.305. The van der Waals surface area contributed by atoms with Gasteiger partial charge in [-0.25, -0.2) is 12.8 Å². The Morgan fingerprint density at radius 3 is 2.62 bits per heavy atom. The van der Waals surface area contributed by atoms with Gasteiger partial charge in [-0.05, 0) is 36.4 Å². The van der Waals surface area contributed by atoms with Crippen molar-refractivity contribution < 1.29 is 22.5 Å². The van der Waals surface area contributed by atoms with E-state index >= 15 is 0 Å². The molecule has 3 rings (SSSR count).